The highest BCUT2D eigenvalue weighted by Gasteiger charge is 1.98. The number of rotatable bonds is 5. The molecule has 0 unspecified atom stereocenters. The summed E-state index contributed by atoms with van der Waals surface area (Å²) in [4.78, 5) is 0. The van der Waals surface area contributed by atoms with Crippen LogP contribution in [0, 0.1) is 0 Å². The van der Waals surface area contributed by atoms with Crippen molar-refractivity contribution in [2.75, 3.05) is 13.1 Å². The zero-order valence-corrected chi connectivity index (χ0v) is 7.02. The first-order valence-corrected chi connectivity index (χ1v) is 3.77. The van der Waals surface area contributed by atoms with Crippen molar-refractivity contribution in [3.8, 4) is 0 Å². The molecule has 0 atom stereocenters. The van der Waals surface area contributed by atoms with Crippen LogP contribution in [0.15, 0.2) is 0 Å². The minimum atomic E-state index is -0.394. The number of hydrogen-bond donors (Lipinski definition) is 3. The molecule has 60 valence electrons. The molecule has 0 radical (unpaired) electrons. The molecule has 0 aliphatic heterocycles. The van der Waals surface area contributed by atoms with Crippen LogP contribution in [0.1, 0.15) is 13.8 Å². The van der Waals surface area contributed by atoms with Crippen LogP contribution in [0.2, 0.25) is 6.82 Å². The largest absolute Gasteiger partial charge is 0.437 e. The minimum absolute atomic E-state index is 0.394. The van der Waals surface area contributed by atoms with Crippen LogP contribution in [-0.4, -0.2) is 31.2 Å². The van der Waals surface area contributed by atoms with Crippen LogP contribution >= 0.6 is 0 Å². The maximum Gasteiger partial charge on any atom is 0.373 e. The fourth-order valence-corrected chi connectivity index (χ4v) is 0.642. The molecule has 0 amide bonds. The predicted molar refractivity (Wildman–Crippen MR) is 45.0 cm³/mol. The van der Waals surface area contributed by atoms with Crippen LogP contribution in [0.4, 0.5) is 0 Å². The van der Waals surface area contributed by atoms with E-state index in [0.717, 1.165) is 13.1 Å². The molecule has 0 aliphatic carbocycles. The summed E-state index contributed by atoms with van der Waals surface area (Å²) < 4.78 is 0. The number of nitrogens with one attached hydrogen (secondary N) is 2. The Morgan fingerprint density at radius 3 is 2.40 bits per heavy atom. The highest BCUT2D eigenvalue weighted by atomic mass is 16.2. The predicted octanol–water partition coefficient (Wildman–Crippen LogP) is -0.316. The van der Waals surface area contributed by atoms with Gasteiger partial charge in [0.1, 0.15) is 0 Å². The van der Waals surface area contributed by atoms with Crippen molar-refractivity contribution in [3.05, 3.63) is 0 Å². The molecule has 4 heteroatoms. The van der Waals surface area contributed by atoms with Gasteiger partial charge in [0.25, 0.3) is 0 Å². The Labute approximate surface area is 63.3 Å². The van der Waals surface area contributed by atoms with Gasteiger partial charge in [-0.1, -0.05) is 13.8 Å². The third-order valence-electron chi connectivity index (χ3n) is 1.12. The maximum atomic E-state index is 8.78. The highest BCUT2D eigenvalue weighted by molar-refractivity contribution is 6.45. The van der Waals surface area contributed by atoms with E-state index in [1.807, 2.05) is 0 Å². The normalized spacial score (nSPS) is 10.5. The Morgan fingerprint density at radius 2 is 2.00 bits per heavy atom. The van der Waals surface area contributed by atoms with Gasteiger partial charge in [-0.05, 0) is 13.4 Å². The van der Waals surface area contributed by atoms with Crippen molar-refractivity contribution in [2.45, 2.75) is 26.7 Å². The zero-order chi connectivity index (χ0) is 7.98. The second kappa shape index (κ2) is 5.71. The van der Waals surface area contributed by atoms with Gasteiger partial charge in [-0.25, -0.2) is 0 Å². The molecule has 0 saturated carbocycles. The lowest BCUT2D eigenvalue weighted by molar-refractivity contribution is 0.536. The molecule has 0 aliphatic rings. The summed E-state index contributed by atoms with van der Waals surface area (Å²) in [6, 6.07) is 0.524. The van der Waals surface area contributed by atoms with Crippen molar-refractivity contribution < 1.29 is 5.02 Å². The van der Waals surface area contributed by atoms with E-state index in [-0.39, 0.29) is 0 Å². The van der Waals surface area contributed by atoms with Gasteiger partial charge in [-0.15, -0.1) is 0 Å². The van der Waals surface area contributed by atoms with E-state index in [4.69, 9.17) is 5.02 Å². The lowest BCUT2D eigenvalue weighted by Crippen LogP contribution is -2.38. The molecule has 0 aromatic carbocycles. The van der Waals surface area contributed by atoms with Gasteiger partial charge in [0.05, 0.1) is 0 Å². The summed E-state index contributed by atoms with van der Waals surface area (Å²) in [5, 5.41) is 14.9. The molecular formula is C6H17BN2O. The average Bonchev–Trinajstić information content (AvgIpc) is 1.79. The Balaban J connectivity index is 2.91. The molecule has 0 saturated heterocycles. The molecule has 0 rings (SSSR count). The van der Waals surface area contributed by atoms with Gasteiger partial charge in [0, 0.05) is 12.6 Å². The van der Waals surface area contributed by atoms with Gasteiger partial charge in [-0.2, -0.15) is 0 Å². The monoisotopic (exact) mass is 144 g/mol. The summed E-state index contributed by atoms with van der Waals surface area (Å²) in [5.41, 5.74) is 0. The lowest BCUT2D eigenvalue weighted by atomic mass is 9.89. The van der Waals surface area contributed by atoms with E-state index >= 15 is 0 Å². The quantitative estimate of drug-likeness (QED) is 0.366. The van der Waals surface area contributed by atoms with E-state index in [1.54, 1.807) is 6.82 Å². The molecule has 10 heavy (non-hydrogen) atoms. The van der Waals surface area contributed by atoms with Crippen LogP contribution in [0.5, 0.6) is 0 Å². The van der Waals surface area contributed by atoms with Crippen molar-refractivity contribution >= 4 is 7.05 Å². The summed E-state index contributed by atoms with van der Waals surface area (Å²) in [7, 11) is -0.394. The fourth-order valence-electron chi connectivity index (χ4n) is 0.642. The summed E-state index contributed by atoms with van der Waals surface area (Å²) in [6.45, 7) is 7.64. The zero-order valence-electron chi connectivity index (χ0n) is 7.02. The van der Waals surface area contributed by atoms with Crippen LogP contribution in [0.25, 0.3) is 0 Å². The van der Waals surface area contributed by atoms with Crippen molar-refractivity contribution in [2.24, 2.45) is 0 Å². The molecule has 0 bridgehead atoms. The average molecular weight is 144 g/mol. The molecule has 0 aromatic rings. The first kappa shape index (κ1) is 9.94. The lowest BCUT2D eigenvalue weighted by Gasteiger charge is -2.08. The Morgan fingerprint density at radius 1 is 1.40 bits per heavy atom. The molecular weight excluding hydrogens is 127 g/mol. The highest BCUT2D eigenvalue weighted by Crippen LogP contribution is 1.73. The van der Waals surface area contributed by atoms with Crippen LogP contribution < -0.4 is 10.5 Å². The van der Waals surface area contributed by atoms with Crippen molar-refractivity contribution in [3.63, 3.8) is 0 Å². The third-order valence-corrected chi connectivity index (χ3v) is 1.12. The second-order valence-electron chi connectivity index (χ2n) is 2.74. The van der Waals surface area contributed by atoms with Gasteiger partial charge < -0.3 is 15.6 Å². The van der Waals surface area contributed by atoms with Crippen LogP contribution in [-0.2, 0) is 0 Å². The van der Waals surface area contributed by atoms with E-state index in [0.29, 0.717) is 6.04 Å². The smallest absolute Gasteiger partial charge is 0.373 e. The van der Waals surface area contributed by atoms with E-state index in [1.165, 1.54) is 0 Å². The minimum Gasteiger partial charge on any atom is -0.437 e. The van der Waals surface area contributed by atoms with Gasteiger partial charge >= 0.3 is 7.05 Å². The Hall–Kier alpha value is -0.0551. The summed E-state index contributed by atoms with van der Waals surface area (Å²) in [5.74, 6) is 0. The van der Waals surface area contributed by atoms with Gasteiger partial charge in [0.15, 0.2) is 0 Å². The molecule has 3 nitrogen and oxygen atoms in total. The fraction of sp³-hybridized carbons (Fsp3) is 1.00. The first-order chi connectivity index (χ1) is 4.63. The van der Waals surface area contributed by atoms with Gasteiger partial charge in [-0.3, -0.25) is 0 Å². The SMILES string of the molecule is CB(O)NCCNC(C)C. The van der Waals surface area contributed by atoms with E-state index in [9.17, 15) is 0 Å². The summed E-state index contributed by atoms with van der Waals surface area (Å²) in [6.07, 6.45) is 0. The second-order valence-corrected chi connectivity index (χ2v) is 2.74. The Kier molecular flexibility index (Phi) is 5.68. The molecule has 0 aromatic heterocycles. The van der Waals surface area contributed by atoms with E-state index < -0.39 is 7.05 Å². The molecule has 3 N–H and O–H groups in total. The van der Waals surface area contributed by atoms with Crippen LogP contribution in [0.3, 0.4) is 0 Å². The summed E-state index contributed by atoms with van der Waals surface area (Å²) >= 11 is 0. The topological polar surface area (TPSA) is 44.3 Å². The van der Waals surface area contributed by atoms with Crippen molar-refractivity contribution in [1.82, 2.24) is 10.5 Å². The standard InChI is InChI=1S/C6H17BN2O/c1-6(2)8-4-5-9-7(3)10/h6,8-10H,4-5H2,1-3H3. The number of hydrogen-bond acceptors (Lipinski definition) is 3. The van der Waals surface area contributed by atoms with Gasteiger partial charge in [0.2, 0.25) is 0 Å². The Bertz CT molecular complexity index is 68.1. The van der Waals surface area contributed by atoms with E-state index in [2.05, 4.69) is 24.4 Å². The molecule has 0 heterocycles. The molecule has 0 fully saturated rings. The molecule has 0 spiro atoms. The van der Waals surface area contributed by atoms with Crippen molar-refractivity contribution in [1.29, 1.82) is 0 Å². The maximum absolute atomic E-state index is 8.78. The third kappa shape index (κ3) is 7.94. The first-order valence-electron chi connectivity index (χ1n) is 3.77.